The van der Waals surface area contributed by atoms with Gasteiger partial charge in [0.15, 0.2) is 0 Å². The fourth-order valence-electron chi connectivity index (χ4n) is 3.94. The summed E-state index contributed by atoms with van der Waals surface area (Å²) in [5.74, 6) is 0. The predicted octanol–water partition coefficient (Wildman–Crippen LogP) is 3.12. The Hall–Kier alpha value is -2.30. The number of urea groups is 1. The summed E-state index contributed by atoms with van der Waals surface area (Å²) in [5.41, 5.74) is 6.22. The topological polar surface area (TPSA) is 61.0 Å². The lowest BCUT2D eigenvalue weighted by atomic mass is 9.96. The third-order valence-electron chi connectivity index (χ3n) is 5.31. The van der Waals surface area contributed by atoms with Crippen molar-refractivity contribution in [1.82, 2.24) is 20.4 Å². The van der Waals surface area contributed by atoms with Crippen LogP contribution in [0.4, 0.5) is 4.79 Å². The van der Waals surface area contributed by atoms with Crippen LogP contribution in [0.5, 0.6) is 0 Å². The van der Waals surface area contributed by atoms with Crippen molar-refractivity contribution < 1.29 is 4.79 Å². The third kappa shape index (κ3) is 2.79. The molecule has 1 aromatic heterocycles. The van der Waals surface area contributed by atoms with Crippen molar-refractivity contribution in [2.75, 3.05) is 7.05 Å². The van der Waals surface area contributed by atoms with Crippen molar-refractivity contribution in [3.63, 3.8) is 0 Å². The van der Waals surface area contributed by atoms with Gasteiger partial charge < -0.3 is 10.2 Å². The molecule has 0 fully saturated rings. The Balaban J connectivity index is 1.41. The van der Waals surface area contributed by atoms with Crippen LogP contribution in [0.3, 0.4) is 0 Å². The van der Waals surface area contributed by atoms with E-state index in [1.807, 2.05) is 13.1 Å². The number of aromatic nitrogens is 2. The van der Waals surface area contributed by atoms with Gasteiger partial charge in [0, 0.05) is 12.7 Å². The van der Waals surface area contributed by atoms with Crippen molar-refractivity contribution >= 4 is 6.03 Å². The lowest BCUT2D eigenvalue weighted by molar-refractivity contribution is 0.202. The molecular formula is C19H24N4O. The maximum atomic E-state index is 12.6. The standard InChI is InChI=1S/C19H24N4O/c1-23(12-18-15-8-4-5-9-17(15)21-22-18)19(24)20-16-11-10-13-6-2-3-7-14(13)16/h2-3,6-7,16H,4-5,8-12H2,1H3,(H,20,24)(H,21,22)/t16-/m0/s1. The van der Waals surface area contributed by atoms with E-state index in [1.54, 1.807) is 4.90 Å². The zero-order chi connectivity index (χ0) is 16.5. The fourth-order valence-corrected chi connectivity index (χ4v) is 3.94. The summed E-state index contributed by atoms with van der Waals surface area (Å²) in [6, 6.07) is 8.49. The molecule has 2 aromatic rings. The van der Waals surface area contributed by atoms with Gasteiger partial charge in [-0.15, -0.1) is 0 Å². The Morgan fingerprint density at radius 1 is 1.29 bits per heavy atom. The highest BCUT2D eigenvalue weighted by atomic mass is 16.2. The first-order chi connectivity index (χ1) is 11.7. The third-order valence-corrected chi connectivity index (χ3v) is 5.31. The van der Waals surface area contributed by atoms with Gasteiger partial charge in [-0.2, -0.15) is 5.10 Å². The average Bonchev–Trinajstić information content (AvgIpc) is 3.20. The van der Waals surface area contributed by atoms with E-state index in [0.717, 1.165) is 31.4 Å². The van der Waals surface area contributed by atoms with Crippen LogP contribution in [0.25, 0.3) is 0 Å². The van der Waals surface area contributed by atoms with Gasteiger partial charge in [-0.3, -0.25) is 5.10 Å². The predicted molar refractivity (Wildman–Crippen MR) is 92.7 cm³/mol. The lowest BCUT2D eigenvalue weighted by Gasteiger charge is -2.22. The van der Waals surface area contributed by atoms with Crippen molar-refractivity contribution in [3.05, 3.63) is 52.3 Å². The summed E-state index contributed by atoms with van der Waals surface area (Å²) in [7, 11) is 1.85. The van der Waals surface area contributed by atoms with Crippen molar-refractivity contribution in [2.24, 2.45) is 0 Å². The first-order valence-electron chi connectivity index (χ1n) is 8.87. The normalized spacial score (nSPS) is 18.8. The zero-order valence-corrected chi connectivity index (χ0v) is 14.1. The van der Waals surface area contributed by atoms with Gasteiger partial charge in [-0.25, -0.2) is 4.79 Å². The molecule has 0 bridgehead atoms. The molecule has 2 N–H and O–H groups in total. The van der Waals surface area contributed by atoms with Crippen LogP contribution in [0.2, 0.25) is 0 Å². The molecule has 5 nitrogen and oxygen atoms in total. The van der Waals surface area contributed by atoms with Gasteiger partial charge >= 0.3 is 6.03 Å². The number of amides is 2. The Bertz CT molecular complexity index is 752. The Labute approximate surface area is 142 Å². The van der Waals surface area contributed by atoms with Gasteiger partial charge in [0.2, 0.25) is 0 Å². The molecule has 24 heavy (non-hydrogen) atoms. The summed E-state index contributed by atoms with van der Waals surface area (Å²) >= 11 is 0. The van der Waals surface area contributed by atoms with E-state index in [-0.39, 0.29) is 12.1 Å². The molecule has 0 spiro atoms. The summed E-state index contributed by atoms with van der Waals surface area (Å²) in [6.07, 6.45) is 6.62. The number of benzene rings is 1. The van der Waals surface area contributed by atoms with E-state index in [0.29, 0.717) is 6.54 Å². The molecule has 1 atom stereocenters. The minimum atomic E-state index is -0.0238. The molecule has 0 radical (unpaired) electrons. The van der Waals surface area contributed by atoms with Crippen LogP contribution in [0, 0.1) is 0 Å². The van der Waals surface area contributed by atoms with E-state index >= 15 is 0 Å². The van der Waals surface area contributed by atoms with E-state index in [9.17, 15) is 4.79 Å². The van der Waals surface area contributed by atoms with Crippen LogP contribution in [0.15, 0.2) is 24.3 Å². The minimum absolute atomic E-state index is 0.0238. The molecule has 126 valence electrons. The number of carbonyl (C=O) groups is 1. The highest BCUT2D eigenvalue weighted by molar-refractivity contribution is 5.74. The van der Waals surface area contributed by atoms with Crippen LogP contribution < -0.4 is 5.32 Å². The second-order valence-electron chi connectivity index (χ2n) is 6.93. The average molecular weight is 324 g/mol. The number of H-pyrrole nitrogens is 1. The number of fused-ring (bicyclic) bond motifs is 2. The Kier molecular flexibility index (Phi) is 4.00. The summed E-state index contributed by atoms with van der Waals surface area (Å²) in [5, 5.41) is 10.8. The van der Waals surface area contributed by atoms with E-state index < -0.39 is 0 Å². The highest BCUT2D eigenvalue weighted by Gasteiger charge is 2.25. The molecule has 0 saturated carbocycles. The van der Waals surface area contributed by atoms with Crippen LogP contribution >= 0.6 is 0 Å². The van der Waals surface area contributed by atoms with E-state index in [2.05, 4.69) is 33.7 Å². The number of hydrogen-bond acceptors (Lipinski definition) is 2. The molecule has 0 saturated heterocycles. The SMILES string of the molecule is CN(Cc1n[nH]c2c1CCCC2)C(=O)N[C@H]1CCc2ccccc21. The summed E-state index contributed by atoms with van der Waals surface area (Å²) < 4.78 is 0. The van der Waals surface area contributed by atoms with Gasteiger partial charge in [0.25, 0.3) is 0 Å². The quantitative estimate of drug-likeness (QED) is 0.911. The molecule has 4 rings (SSSR count). The number of aromatic amines is 1. The lowest BCUT2D eigenvalue weighted by Crippen LogP contribution is -2.38. The maximum absolute atomic E-state index is 12.6. The van der Waals surface area contributed by atoms with Gasteiger partial charge in [0.05, 0.1) is 18.3 Å². The van der Waals surface area contributed by atoms with Gasteiger partial charge in [0.1, 0.15) is 0 Å². The molecule has 2 aliphatic carbocycles. The zero-order valence-electron chi connectivity index (χ0n) is 14.1. The highest BCUT2D eigenvalue weighted by Crippen LogP contribution is 2.31. The van der Waals surface area contributed by atoms with E-state index in [1.165, 1.54) is 35.2 Å². The second kappa shape index (κ2) is 6.30. The summed E-state index contributed by atoms with van der Waals surface area (Å²) in [4.78, 5) is 14.3. The monoisotopic (exact) mass is 324 g/mol. The molecule has 1 heterocycles. The molecule has 5 heteroatoms. The maximum Gasteiger partial charge on any atom is 0.317 e. The van der Waals surface area contributed by atoms with Crippen molar-refractivity contribution in [3.8, 4) is 0 Å². The van der Waals surface area contributed by atoms with Crippen molar-refractivity contribution in [2.45, 2.75) is 51.1 Å². The summed E-state index contributed by atoms with van der Waals surface area (Å²) in [6.45, 7) is 0.562. The largest absolute Gasteiger partial charge is 0.331 e. The number of nitrogens with one attached hydrogen (secondary N) is 2. The van der Waals surface area contributed by atoms with E-state index in [4.69, 9.17) is 0 Å². The number of nitrogens with zero attached hydrogens (tertiary/aromatic N) is 2. The number of aryl methyl sites for hydroxylation is 2. The molecule has 1 aromatic carbocycles. The molecule has 0 unspecified atom stereocenters. The number of rotatable bonds is 3. The van der Waals surface area contributed by atoms with Gasteiger partial charge in [-0.1, -0.05) is 24.3 Å². The Morgan fingerprint density at radius 3 is 3.04 bits per heavy atom. The minimum Gasteiger partial charge on any atom is -0.331 e. The number of carbonyl (C=O) groups excluding carboxylic acids is 1. The van der Waals surface area contributed by atoms with Gasteiger partial charge in [-0.05, 0) is 55.2 Å². The second-order valence-corrected chi connectivity index (χ2v) is 6.93. The van der Waals surface area contributed by atoms with Crippen LogP contribution in [-0.2, 0) is 25.8 Å². The molecule has 0 aliphatic heterocycles. The smallest absolute Gasteiger partial charge is 0.317 e. The molecule has 2 amide bonds. The van der Waals surface area contributed by atoms with Crippen LogP contribution in [0.1, 0.15) is 53.4 Å². The molecular weight excluding hydrogens is 300 g/mol. The Morgan fingerprint density at radius 2 is 2.12 bits per heavy atom. The molecule has 2 aliphatic rings. The van der Waals surface area contributed by atoms with Crippen LogP contribution in [-0.4, -0.2) is 28.2 Å². The van der Waals surface area contributed by atoms with Crippen molar-refractivity contribution in [1.29, 1.82) is 0 Å². The first kappa shape index (κ1) is 15.2. The first-order valence-corrected chi connectivity index (χ1v) is 8.87. The fraction of sp³-hybridized carbons (Fsp3) is 0.474. The number of hydrogen-bond donors (Lipinski definition) is 2.